The monoisotopic (exact) mass is 289 g/mol. The van der Waals surface area contributed by atoms with Crippen molar-refractivity contribution in [3.05, 3.63) is 41.7 Å². The summed E-state index contributed by atoms with van der Waals surface area (Å²) in [7, 11) is 1.66. The molecule has 7 heteroatoms. The molecule has 0 spiro atoms. The molecular formula is C14H19N5O2. The molecule has 0 aliphatic carbocycles. The summed E-state index contributed by atoms with van der Waals surface area (Å²) in [5.74, 6) is 1.79. The number of hydrogen-bond donors (Lipinski definition) is 1. The summed E-state index contributed by atoms with van der Waals surface area (Å²) in [5, 5.41) is 12.1. The van der Waals surface area contributed by atoms with E-state index in [0.717, 1.165) is 30.3 Å². The Bertz CT molecular complexity index is 572. The molecular weight excluding hydrogens is 270 g/mol. The van der Waals surface area contributed by atoms with Crippen LogP contribution in [0.15, 0.2) is 24.5 Å². The molecule has 0 saturated heterocycles. The summed E-state index contributed by atoms with van der Waals surface area (Å²) in [5.41, 5.74) is 1.14. The lowest BCUT2D eigenvalue weighted by Crippen LogP contribution is -2.35. The van der Waals surface area contributed by atoms with Crippen LogP contribution in [0.1, 0.15) is 23.3 Å². The first-order valence-electron chi connectivity index (χ1n) is 7.02. The summed E-state index contributed by atoms with van der Waals surface area (Å²) >= 11 is 0. The van der Waals surface area contributed by atoms with Crippen molar-refractivity contribution in [1.29, 1.82) is 0 Å². The molecule has 1 aliphatic rings. The molecule has 2 aromatic rings. The van der Waals surface area contributed by atoms with Crippen LogP contribution in [-0.4, -0.2) is 46.6 Å². The van der Waals surface area contributed by atoms with Crippen molar-refractivity contribution in [3.8, 4) is 0 Å². The molecule has 0 radical (unpaired) electrons. The van der Waals surface area contributed by atoms with Gasteiger partial charge in [0.15, 0.2) is 11.6 Å². The Balaban J connectivity index is 1.76. The van der Waals surface area contributed by atoms with E-state index in [-0.39, 0.29) is 6.04 Å². The average Bonchev–Trinajstić information content (AvgIpc) is 2.96. The van der Waals surface area contributed by atoms with Crippen LogP contribution in [0.5, 0.6) is 0 Å². The van der Waals surface area contributed by atoms with Gasteiger partial charge in [-0.05, 0) is 17.7 Å². The summed E-state index contributed by atoms with van der Waals surface area (Å²) in [4.78, 5) is 4.06. The topological polar surface area (TPSA) is 74.1 Å². The number of pyridine rings is 1. The lowest BCUT2D eigenvalue weighted by Gasteiger charge is -2.25. The molecule has 0 aromatic carbocycles. The van der Waals surface area contributed by atoms with E-state index in [2.05, 4.69) is 25.1 Å². The van der Waals surface area contributed by atoms with E-state index in [4.69, 9.17) is 9.47 Å². The lowest BCUT2D eigenvalue weighted by molar-refractivity contribution is 0.0569. The molecule has 7 nitrogen and oxygen atoms in total. The van der Waals surface area contributed by atoms with Gasteiger partial charge in [0.2, 0.25) is 0 Å². The van der Waals surface area contributed by atoms with E-state index in [1.165, 1.54) is 0 Å². The minimum absolute atomic E-state index is 0.0574. The number of ether oxygens (including phenoxy) is 2. The van der Waals surface area contributed by atoms with Gasteiger partial charge in [-0.3, -0.25) is 4.98 Å². The Labute approximate surface area is 123 Å². The van der Waals surface area contributed by atoms with Crippen molar-refractivity contribution in [2.24, 2.45) is 0 Å². The molecule has 1 unspecified atom stereocenters. The van der Waals surface area contributed by atoms with Gasteiger partial charge in [0.25, 0.3) is 0 Å². The van der Waals surface area contributed by atoms with Gasteiger partial charge in [-0.15, -0.1) is 10.2 Å². The van der Waals surface area contributed by atoms with Crippen LogP contribution >= 0.6 is 0 Å². The molecule has 2 aromatic heterocycles. The quantitative estimate of drug-likeness (QED) is 0.782. The zero-order valence-electron chi connectivity index (χ0n) is 12.0. The number of hydrogen-bond acceptors (Lipinski definition) is 6. The minimum atomic E-state index is 0.0574. The molecule has 21 heavy (non-hydrogen) atoms. The zero-order valence-corrected chi connectivity index (χ0v) is 12.0. The number of fused-ring (bicyclic) bond motifs is 1. The summed E-state index contributed by atoms with van der Waals surface area (Å²) in [6.07, 6.45) is 3.59. The Hall–Kier alpha value is -1.83. The molecule has 112 valence electrons. The van der Waals surface area contributed by atoms with Gasteiger partial charge < -0.3 is 19.4 Å². The van der Waals surface area contributed by atoms with Crippen LogP contribution in [0.2, 0.25) is 0 Å². The highest BCUT2D eigenvalue weighted by molar-refractivity contribution is 5.24. The van der Waals surface area contributed by atoms with E-state index < -0.39 is 0 Å². The SMILES string of the molecule is COCCOCc1nnc2n1CCNC2c1ccncc1. The van der Waals surface area contributed by atoms with Crippen LogP contribution in [0.4, 0.5) is 0 Å². The van der Waals surface area contributed by atoms with Gasteiger partial charge in [0.05, 0.1) is 19.3 Å². The maximum absolute atomic E-state index is 5.55. The fourth-order valence-electron chi connectivity index (χ4n) is 2.45. The first kappa shape index (κ1) is 14.1. The largest absolute Gasteiger partial charge is 0.382 e. The highest BCUT2D eigenvalue weighted by Crippen LogP contribution is 2.23. The van der Waals surface area contributed by atoms with Gasteiger partial charge in [-0.2, -0.15) is 0 Å². The molecule has 3 heterocycles. The molecule has 0 saturated carbocycles. The molecule has 3 rings (SSSR count). The smallest absolute Gasteiger partial charge is 0.159 e. The average molecular weight is 289 g/mol. The maximum atomic E-state index is 5.55. The number of methoxy groups -OCH3 is 1. The van der Waals surface area contributed by atoms with E-state index in [1.54, 1.807) is 19.5 Å². The maximum Gasteiger partial charge on any atom is 0.159 e. The third-order valence-corrected chi connectivity index (χ3v) is 3.50. The van der Waals surface area contributed by atoms with Crippen molar-refractivity contribution < 1.29 is 9.47 Å². The van der Waals surface area contributed by atoms with Crippen molar-refractivity contribution in [1.82, 2.24) is 25.1 Å². The van der Waals surface area contributed by atoms with Crippen LogP contribution in [0.25, 0.3) is 0 Å². The third-order valence-electron chi connectivity index (χ3n) is 3.50. The Morgan fingerprint density at radius 3 is 2.95 bits per heavy atom. The van der Waals surface area contributed by atoms with Gasteiger partial charge in [0, 0.05) is 32.6 Å². The van der Waals surface area contributed by atoms with E-state index in [9.17, 15) is 0 Å². The van der Waals surface area contributed by atoms with Crippen molar-refractivity contribution in [2.75, 3.05) is 26.9 Å². The second-order valence-corrected chi connectivity index (χ2v) is 4.84. The first-order chi connectivity index (χ1) is 10.4. The number of nitrogens with one attached hydrogen (secondary N) is 1. The summed E-state index contributed by atoms with van der Waals surface area (Å²) < 4.78 is 12.6. The van der Waals surface area contributed by atoms with Crippen LogP contribution < -0.4 is 5.32 Å². The van der Waals surface area contributed by atoms with Crippen LogP contribution in [0.3, 0.4) is 0 Å². The normalized spacial score (nSPS) is 17.7. The summed E-state index contributed by atoms with van der Waals surface area (Å²) in [6, 6.07) is 4.05. The van der Waals surface area contributed by atoms with Crippen molar-refractivity contribution >= 4 is 0 Å². The summed E-state index contributed by atoms with van der Waals surface area (Å²) in [6.45, 7) is 3.34. The Kier molecular flexibility index (Phi) is 4.54. The highest BCUT2D eigenvalue weighted by Gasteiger charge is 2.25. The van der Waals surface area contributed by atoms with Crippen molar-refractivity contribution in [2.45, 2.75) is 19.2 Å². The van der Waals surface area contributed by atoms with Gasteiger partial charge in [0.1, 0.15) is 6.61 Å². The Morgan fingerprint density at radius 1 is 1.29 bits per heavy atom. The molecule has 1 aliphatic heterocycles. The number of rotatable bonds is 6. The van der Waals surface area contributed by atoms with E-state index >= 15 is 0 Å². The van der Waals surface area contributed by atoms with E-state index in [1.807, 2.05) is 12.1 Å². The number of nitrogens with zero attached hydrogens (tertiary/aromatic N) is 4. The molecule has 0 amide bonds. The Morgan fingerprint density at radius 2 is 2.14 bits per heavy atom. The standard InChI is InChI=1S/C14H19N5O2/c1-20-8-9-21-10-12-17-18-14-13(16-6-7-19(12)14)11-2-4-15-5-3-11/h2-5,13,16H,6-10H2,1H3. The predicted octanol–water partition coefficient (Wildman–Crippen LogP) is 0.529. The van der Waals surface area contributed by atoms with Crippen LogP contribution in [-0.2, 0) is 22.6 Å². The fourth-order valence-corrected chi connectivity index (χ4v) is 2.45. The predicted molar refractivity (Wildman–Crippen MR) is 75.6 cm³/mol. The molecule has 1 atom stereocenters. The molecule has 0 bridgehead atoms. The van der Waals surface area contributed by atoms with Gasteiger partial charge >= 0.3 is 0 Å². The van der Waals surface area contributed by atoms with Gasteiger partial charge in [-0.1, -0.05) is 0 Å². The van der Waals surface area contributed by atoms with Gasteiger partial charge in [-0.25, -0.2) is 0 Å². The zero-order chi connectivity index (χ0) is 14.5. The van der Waals surface area contributed by atoms with E-state index in [0.29, 0.717) is 19.8 Å². The van der Waals surface area contributed by atoms with Crippen molar-refractivity contribution in [3.63, 3.8) is 0 Å². The minimum Gasteiger partial charge on any atom is -0.382 e. The fraction of sp³-hybridized carbons (Fsp3) is 0.500. The lowest BCUT2D eigenvalue weighted by atomic mass is 10.1. The van der Waals surface area contributed by atoms with Crippen LogP contribution in [0, 0.1) is 0 Å². The molecule has 0 fully saturated rings. The number of aromatic nitrogens is 4. The second kappa shape index (κ2) is 6.75. The third kappa shape index (κ3) is 3.10. The molecule has 1 N–H and O–H groups in total. The second-order valence-electron chi connectivity index (χ2n) is 4.84. The highest BCUT2D eigenvalue weighted by atomic mass is 16.5. The first-order valence-corrected chi connectivity index (χ1v) is 7.02.